The Morgan fingerprint density at radius 3 is 2.32 bits per heavy atom. The van der Waals surface area contributed by atoms with Gasteiger partial charge in [-0.15, -0.1) is 0 Å². The minimum Gasteiger partial charge on any atom is -0.291 e. The lowest BCUT2D eigenvalue weighted by atomic mass is 9.54. The quantitative estimate of drug-likeness (QED) is 0.505. The third-order valence-electron chi connectivity index (χ3n) is 6.45. The molecule has 4 aliphatic carbocycles. The fraction of sp³-hybridized carbons (Fsp3) is 0.875. The number of Topliss-reactive ketones (excluding diaryl/α,β-unsaturated/α-hetero) is 2. The number of alkyl halides is 1. The molecule has 0 radical (unpaired) electrons. The topological polar surface area (TPSA) is 34.1 Å². The molecule has 7 unspecified atom stereocenters. The van der Waals surface area contributed by atoms with Crippen molar-refractivity contribution in [3.8, 4) is 0 Å². The normalized spacial score (nSPS) is 52.8. The van der Waals surface area contributed by atoms with Crippen molar-refractivity contribution in [2.24, 2.45) is 35.5 Å². The molecule has 0 bridgehead atoms. The first-order valence-corrected chi connectivity index (χ1v) is 8.80. The van der Waals surface area contributed by atoms with E-state index < -0.39 is 0 Å². The summed E-state index contributed by atoms with van der Waals surface area (Å²) < 4.78 is 0. The van der Waals surface area contributed by atoms with Crippen LogP contribution in [-0.2, 0) is 9.59 Å². The third kappa shape index (κ3) is 1.73. The van der Waals surface area contributed by atoms with Crippen molar-refractivity contribution in [3.05, 3.63) is 0 Å². The van der Waals surface area contributed by atoms with Crippen LogP contribution in [0.15, 0.2) is 0 Å². The smallest absolute Gasteiger partial charge is 0.202 e. The zero-order chi connectivity index (χ0) is 13.1. The predicted molar refractivity (Wildman–Crippen MR) is 76.0 cm³/mol. The number of carbonyl (C=O) groups excluding carboxylic acids is 2. The molecule has 0 aromatic carbocycles. The maximum atomic E-state index is 12.3. The van der Waals surface area contributed by atoms with Crippen LogP contribution in [0.5, 0.6) is 0 Å². The van der Waals surface area contributed by atoms with Crippen molar-refractivity contribution in [1.29, 1.82) is 0 Å². The summed E-state index contributed by atoms with van der Waals surface area (Å²) in [4.78, 5) is 25.0. The summed E-state index contributed by atoms with van der Waals surface area (Å²) in [7, 11) is 0. The number of carbonyl (C=O) groups is 2. The zero-order valence-electron chi connectivity index (χ0n) is 11.2. The Labute approximate surface area is 122 Å². The number of fused-ring (bicyclic) bond motifs is 2. The van der Waals surface area contributed by atoms with E-state index in [2.05, 4.69) is 15.9 Å². The van der Waals surface area contributed by atoms with E-state index in [0.717, 1.165) is 24.7 Å². The summed E-state index contributed by atoms with van der Waals surface area (Å²) in [5.41, 5.74) is 0. The van der Waals surface area contributed by atoms with Crippen LogP contribution in [0.4, 0.5) is 0 Å². The Balaban J connectivity index is 1.73. The summed E-state index contributed by atoms with van der Waals surface area (Å²) in [6.45, 7) is 0. The molecule has 4 fully saturated rings. The van der Waals surface area contributed by atoms with Crippen LogP contribution in [0.3, 0.4) is 0 Å². The van der Waals surface area contributed by atoms with Gasteiger partial charge < -0.3 is 0 Å². The average Bonchev–Trinajstić information content (AvgIpc) is 2.65. The van der Waals surface area contributed by atoms with Gasteiger partial charge >= 0.3 is 0 Å². The summed E-state index contributed by atoms with van der Waals surface area (Å²) in [6.07, 6.45) is 8.44. The summed E-state index contributed by atoms with van der Waals surface area (Å²) in [5, 5.41) is 0. The van der Waals surface area contributed by atoms with E-state index in [1.165, 1.54) is 32.1 Å². The lowest BCUT2D eigenvalue weighted by Crippen LogP contribution is -2.46. The fourth-order valence-electron chi connectivity index (χ4n) is 5.82. The highest BCUT2D eigenvalue weighted by molar-refractivity contribution is 9.09. The highest BCUT2D eigenvalue weighted by Gasteiger charge is 2.59. The molecule has 0 saturated heterocycles. The molecule has 0 heterocycles. The standard InChI is InChI=1S/C16H21BrO2/c17-9-6-11-10-4-2-1-3-8(10)5-12-14(11)13(7-9)16(19)15(12)18/h8-14H,1-7H2. The maximum absolute atomic E-state index is 12.3. The number of rotatable bonds is 0. The van der Waals surface area contributed by atoms with Gasteiger partial charge in [0.15, 0.2) is 0 Å². The highest BCUT2D eigenvalue weighted by atomic mass is 79.9. The Bertz CT molecular complexity index is 432. The van der Waals surface area contributed by atoms with E-state index in [9.17, 15) is 9.59 Å². The molecule has 2 nitrogen and oxygen atoms in total. The molecule has 4 aliphatic rings. The molecule has 7 atom stereocenters. The van der Waals surface area contributed by atoms with Crippen LogP contribution in [-0.4, -0.2) is 16.4 Å². The average molecular weight is 325 g/mol. The van der Waals surface area contributed by atoms with Crippen molar-refractivity contribution in [2.75, 3.05) is 0 Å². The first kappa shape index (κ1) is 12.6. The summed E-state index contributed by atoms with van der Waals surface area (Å²) in [5.74, 6) is 2.71. The Morgan fingerprint density at radius 2 is 1.53 bits per heavy atom. The molecule has 0 aliphatic heterocycles. The number of halogens is 1. The fourth-order valence-corrected chi connectivity index (χ4v) is 6.66. The third-order valence-corrected chi connectivity index (χ3v) is 7.20. The largest absolute Gasteiger partial charge is 0.291 e. The van der Waals surface area contributed by atoms with Gasteiger partial charge in [0, 0.05) is 16.7 Å². The number of hydrogen-bond acceptors (Lipinski definition) is 2. The molecule has 0 amide bonds. The van der Waals surface area contributed by atoms with Crippen molar-refractivity contribution in [1.82, 2.24) is 0 Å². The van der Waals surface area contributed by atoms with Crippen LogP contribution >= 0.6 is 15.9 Å². The highest BCUT2D eigenvalue weighted by Crippen LogP contribution is 2.59. The summed E-state index contributed by atoms with van der Waals surface area (Å²) in [6, 6.07) is 0. The van der Waals surface area contributed by atoms with Crippen molar-refractivity contribution in [2.45, 2.75) is 49.8 Å². The second-order valence-electron chi connectivity index (χ2n) is 7.20. The molecule has 4 rings (SSSR count). The summed E-state index contributed by atoms with van der Waals surface area (Å²) >= 11 is 3.75. The van der Waals surface area contributed by atoms with E-state index in [1.54, 1.807) is 0 Å². The van der Waals surface area contributed by atoms with E-state index in [-0.39, 0.29) is 23.4 Å². The van der Waals surface area contributed by atoms with E-state index in [4.69, 9.17) is 0 Å². The molecular formula is C16H21BrO2. The van der Waals surface area contributed by atoms with Gasteiger partial charge in [0.1, 0.15) is 0 Å². The lowest BCUT2D eigenvalue weighted by molar-refractivity contribution is -0.137. The molecule has 3 heteroatoms. The van der Waals surface area contributed by atoms with Crippen LogP contribution in [0.25, 0.3) is 0 Å². The Morgan fingerprint density at radius 1 is 0.842 bits per heavy atom. The molecule has 0 N–H and O–H groups in total. The maximum Gasteiger partial charge on any atom is 0.202 e. The second-order valence-corrected chi connectivity index (χ2v) is 8.49. The monoisotopic (exact) mass is 324 g/mol. The molecule has 0 spiro atoms. The molecule has 0 aromatic heterocycles. The van der Waals surface area contributed by atoms with Gasteiger partial charge in [-0.2, -0.15) is 0 Å². The van der Waals surface area contributed by atoms with Gasteiger partial charge in [-0.25, -0.2) is 0 Å². The Kier molecular flexibility index (Phi) is 2.91. The van der Waals surface area contributed by atoms with Crippen molar-refractivity contribution >= 4 is 27.5 Å². The molecule has 4 saturated carbocycles. The van der Waals surface area contributed by atoms with E-state index in [1.807, 2.05) is 0 Å². The zero-order valence-corrected chi connectivity index (χ0v) is 12.8. The Hall–Kier alpha value is -0.180. The second kappa shape index (κ2) is 4.41. The minimum atomic E-state index is -0.0252. The number of ketones is 2. The van der Waals surface area contributed by atoms with Crippen LogP contribution in [0.2, 0.25) is 0 Å². The van der Waals surface area contributed by atoms with Gasteiger partial charge in [0.05, 0.1) is 0 Å². The van der Waals surface area contributed by atoms with Gasteiger partial charge in [0.25, 0.3) is 0 Å². The SMILES string of the molecule is O=C1C(=O)C2CC3CCCCC3C3CC(Br)CC1C23. The predicted octanol–water partition coefficient (Wildman–Crippen LogP) is 3.37. The molecule has 0 aromatic rings. The van der Waals surface area contributed by atoms with Crippen molar-refractivity contribution in [3.63, 3.8) is 0 Å². The van der Waals surface area contributed by atoms with Gasteiger partial charge in [-0.1, -0.05) is 35.2 Å². The van der Waals surface area contributed by atoms with Gasteiger partial charge in [-0.3, -0.25) is 9.59 Å². The van der Waals surface area contributed by atoms with Gasteiger partial charge in [-0.05, 0) is 49.4 Å². The van der Waals surface area contributed by atoms with Crippen LogP contribution in [0.1, 0.15) is 44.9 Å². The van der Waals surface area contributed by atoms with E-state index >= 15 is 0 Å². The molecule has 104 valence electrons. The molecular weight excluding hydrogens is 304 g/mol. The van der Waals surface area contributed by atoms with Gasteiger partial charge in [0.2, 0.25) is 11.6 Å². The first-order chi connectivity index (χ1) is 9.16. The van der Waals surface area contributed by atoms with Crippen LogP contribution < -0.4 is 0 Å². The lowest BCUT2D eigenvalue weighted by Gasteiger charge is -2.51. The minimum absolute atomic E-state index is 0.00868. The first-order valence-electron chi connectivity index (χ1n) is 7.89. The number of hydrogen-bond donors (Lipinski definition) is 0. The van der Waals surface area contributed by atoms with E-state index in [0.29, 0.717) is 16.7 Å². The van der Waals surface area contributed by atoms with Crippen LogP contribution in [0, 0.1) is 35.5 Å². The molecule has 19 heavy (non-hydrogen) atoms. The van der Waals surface area contributed by atoms with Crippen molar-refractivity contribution < 1.29 is 9.59 Å².